The van der Waals surface area contributed by atoms with Gasteiger partial charge in [-0.25, -0.2) is 0 Å². The van der Waals surface area contributed by atoms with E-state index >= 15 is 0 Å². The van der Waals surface area contributed by atoms with Gasteiger partial charge in [-0.3, -0.25) is 0 Å². The first-order valence-corrected chi connectivity index (χ1v) is 5.94. The normalized spacial score (nSPS) is 12.4. The molecule has 0 amide bonds. The van der Waals surface area contributed by atoms with Crippen molar-refractivity contribution in [2.75, 3.05) is 0 Å². The minimum absolute atomic E-state index is 0.171. The number of halogens is 1. The average Bonchev–Trinajstić information content (AvgIpc) is 2.18. The van der Waals surface area contributed by atoms with E-state index in [0.29, 0.717) is 0 Å². The van der Waals surface area contributed by atoms with E-state index in [1.807, 2.05) is 6.08 Å². The molecule has 1 unspecified atom stereocenters. The maximum atomic E-state index is 6.07. The zero-order valence-corrected chi connectivity index (χ0v) is 10.4. The van der Waals surface area contributed by atoms with Gasteiger partial charge in [0.1, 0.15) is 0 Å². The van der Waals surface area contributed by atoms with E-state index in [9.17, 15) is 0 Å². The molecule has 1 aromatic rings. The molecule has 1 atom stereocenters. The van der Waals surface area contributed by atoms with E-state index in [2.05, 4.69) is 53.4 Å². The summed E-state index contributed by atoms with van der Waals surface area (Å²) >= 11 is 2.31. The first kappa shape index (κ1) is 11.7. The number of benzene rings is 1. The molecule has 0 spiro atoms. The van der Waals surface area contributed by atoms with Crippen molar-refractivity contribution in [3.63, 3.8) is 0 Å². The Morgan fingerprint density at radius 1 is 1.50 bits per heavy atom. The quantitative estimate of drug-likeness (QED) is 0.501. The number of allylic oxidation sites excluding steroid dienone is 1. The fourth-order valence-corrected chi connectivity index (χ4v) is 1.95. The lowest BCUT2D eigenvalue weighted by Crippen LogP contribution is -2.09. The number of hydrogen-bond acceptors (Lipinski definition) is 1. The molecular formula is C12H16IN. The van der Waals surface area contributed by atoms with Crippen molar-refractivity contribution in [2.45, 2.75) is 25.3 Å². The van der Waals surface area contributed by atoms with Crippen molar-refractivity contribution in [1.29, 1.82) is 0 Å². The van der Waals surface area contributed by atoms with Crippen LogP contribution in [0.2, 0.25) is 0 Å². The molecule has 0 radical (unpaired) electrons. The van der Waals surface area contributed by atoms with Crippen LogP contribution in [0.5, 0.6) is 0 Å². The van der Waals surface area contributed by atoms with Gasteiger partial charge in [0.25, 0.3) is 0 Å². The second kappa shape index (κ2) is 6.19. The Balaban J connectivity index is 2.51. The summed E-state index contributed by atoms with van der Waals surface area (Å²) in [5.74, 6) is 0. The maximum absolute atomic E-state index is 6.07. The topological polar surface area (TPSA) is 26.0 Å². The summed E-state index contributed by atoms with van der Waals surface area (Å²) in [7, 11) is 0. The summed E-state index contributed by atoms with van der Waals surface area (Å²) in [5, 5.41) is 0. The number of nitrogens with two attached hydrogens (primary N) is 1. The second-order valence-corrected chi connectivity index (χ2v) is 4.63. The molecule has 0 bridgehead atoms. The lowest BCUT2D eigenvalue weighted by atomic mass is 10.0. The predicted octanol–water partition coefficient (Wildman–Crippen LogP) is 3.65. The highest BCUT2D eigenvalue weighted by Gasteiger charge is 2.04. The zero-order valence-electron chi connectivity index (χ0n) is 8.25. The van der Waals surface area contributed by atoms with Crippen LogP contribution in [0.1, 0.15) is 30.9 Å². The number of rotatable bonds is 5. The van der Waals surface area contributed by atoms with Crippen molar-refractivity contribution < 1.29 is 0 Å². The SMILES string of the molecule is C=CCCCC(N)c1cccc(I)c1. The van der Waals surface area contributed by atoms with Crippen molar-refractivity contribution in [3.05, 3.63) is 46.1 Å². The summed E-state index contributed by atoms with van der Waals surface area (Å²) in [6, 6.07) is 8.56. The van der Waals surface area contributed by atoms with Gasteiger partial charge in [0.05, 0.1) is 0 Å². The zero-order chi connectivity index (χ0) is 10.4. The Kier molecular flexibility index (Phi) is 5.19. The van der Waals surface area contributed by atoms with Crippen LogP contribution in [0.15, 0.2) is 36.9 Å². The molecule has 2 heteroatoms. The van der Waals surface area contributed by atoms with E-state index in [1.165, 1.54) is 9.13 Å². The Hall–Kier alpha value is -0.350. The summed E-state index contributed by atoms with van der Waals surface area (Å²) < 4.78 is 1.25. The van der Waals surface area contributed by atoms with Gasteiger partial charge < -0.3 is 5.73 Å². The Labute approximate surface area is 99.5 Å². The van der Waals surface area contributed by atoms with Gasteiger partial charge in [-0.05, 0) is 59.5 Å². The highest BCUT2D eigenvalue weighted by Crippen LogP contribution is 2.18. The van der Waals surface area contributed by atoms with Crippen LogP contribution >= 0.6 is 22.6 Å². The van der Waals surface area contributed by atoms with Gasteiger partial charge >= 0.3 is 0 Å². The highest BCUT2D eigenvalue weighted by atomic mass is 127. The molecule has 14 heavy (non-hydrogen) atoms. The minimum Gasteiger partial charge on any atom is -0.324 e. The van der Waals surface area contributed by atoms with Gasteiger partial charge in [-0.15, -0.1) is 6.58 Å². The van der Waals surface area contributed by atoms with Crippen LogP contribution in [0.4, 0.5) is 0 Å². The third-order valence-electron chi connectivity index (χ3n) is 2.20. The lowest BCUT2D eigenvalue weighted by molar-refractivity contribution is 0.617. The molecule has 76 valence electrons. The van der Waals surface area contributed by atoms with E-state index in [0.717, 1.165) is 19.3 Å². The highest BCUT2D eigenvalue weighted by molar-refractivity contribution is 14.1. The summed E-state index contributed by atoms with van der Waals surface area (Å²) in [4.78, 5) is 0. The van der Waals surface area contributed by atoms with Crippen LogP contribution in [0.25, 0.3) is 0 Å². The molecule has 0 aliphatic heterocycles. The van der Waals surface area contributed by atoms with Crippen LogP contribution in [0, 0.1) is 3.57 Å². The largest absolute Gasteiger partial charge is 0.324 e. The van der Waals surface area contributed by atoms with E-state index in [4.69, 9.17) is 5.73 Å². The van der Waals surface area contributed by atoms with Crippen molar-refractivity contribution in [2.24, 2.45) is 5.73 Å². The van der Waals surface area contributed by atoms with Crippen molar-refractivity contribution >= 4 is 22.6 Å². The van der Waals surface area contributed by atoms with Crippen LogP contribution in [-0.2, 0) is 0 Å². The summed E-state index contributed by atoms with van der Waals surface area (Å²) in [6.07, 6.45) is 5.15. The molecule has 1 nitrogen and oxygen atoms in total. The van der Waals surface area contributed by atoms with Gasteiger partial charge in [0.2, 0.25) is 0 Å². The third kappa shape index (κ3) is 3.80. The fraction of sp³-hybridized carbons (Fsp3) is 0.333. The standard InChI is InChI=1S/C12H16IN/c1-2-3-4-8-12(14)10-6-5-7-11(13)9-10/h2,5-7,9,12H,1,3-4,8,14H2. The summed E-state index contributed by atoms with van der Waals surface area (Å²) in [5.41, 5.74) is 7.30. The molecule has 0 aliphatic rings. The first-order valence-electron chi connectivity index (χ1n) is 4.86. The Morgan fingerprint density at radius 3 is 2.93 bits per heavy atom. The van der Waals surface area contributed by atoms with E-state index < -0.39 is 0 Å². The second-order valence-electron chi connectivity index (χ2n) is 3.38. The molecule has 0 saturated heterocycles. The van der Waals surface area contributed by atoms with Crippen LogP contribution < -0.4 is 5.73 Å². The van der Waals surface area contributed by atoms with Gasteiger partial charge in [-0.1, -0.05) is 18.2 Å². The van der Waals surface area contributed by atoms with E-state index in [-0.39, 0.29) is 6.04 Å². The third-order valence-corrected chi connectivity index (χ3v) is 2.87. The first-order chi connectivity index (χ1) is 6.74. The number of hydrogen-bond donors (Lipinski definition) is 1. The molecule has 0 aromatic heterocycles. The fourth-order valence-electron chi connectivity index (χ4n) is 1.39. The molecule has 0 aliphatic carbocycles. The minimum atomic E-state index is 0.171. The molecular weight excluding hydrogens is 285 g/mol. The molecule has 0 saturated carbocycles. The van der Waals surface area contributed by atoms with Crippen molar-refractivity contribution in [1.82, 2.24) is 0 Å². The van der Waals surface area contributed by atoms with Gasteiger partial charge in [-0.2, -0.15) is 0 Å². The smallest absolute Gasteiger partial charge is 0.0295 e. The molecule has 0 heterocycles. The van der Waals surface area contributed by atoms with E-state index in [1.54, 1.807) is 0 Å². The van der Waals surface area contributed by atoms with Crippen LogP contribution in [0.3, 0.4) is 0 Å². The Bertz CT molecular complexity index is 296. The summed E-state index contributed by atoms with van der Waals surface area (Å²) in [6.45, 7) is 3.70. The molecule has 1 rings (SSSR count). The monoisotopic (exact) mass is 301 g/mol. The van der Waals surface area contributed by atoms with Crippen molar-refractivity contribution in [3.8, 4) is 0 Å². The van der Waals surface area contributed by atoms with Gasteiger partial charge in [0.15, 0.2) is 0 Å². The molecule has 0 fully saturated rings. The van der Waals surface area contributed by atoms with Gasteiger partial charge in [0, 0.05) is 9.61 Å². The average molecular weight is 301 g/mol. The van der Waals surface area contributed by atoms with Crippen LogP contribution in [-0.4, -0.2) is 0 Å². The lowest BCUT2D eigenvalue weighted by Gasteiger charge is -2.11. The number of unbranched alkanes of at least 4 members (excludes halogenated alkanes) is 1. The maximum Gasteiger partial charge on any atom is 0.0295 e. The predicted molar refractivity (Wildman–Crippen MR) is 70.1 cm³/mol. The molecule has 2 N–H and O–H groups in total. The Morgan fingerprint density at radius 2 is 2.29 bits per heavy atom. The molecule has 1 aromatic carbocycles.